The zero-order valence-corrected chi connectivity index (χ0v) is 11.5. The maximum Gasteiger partial charge on any atom is 0.279 e. The first-order valence-electron chi connectivity index (χ1n) is 5.65. The summed E-state index contributed by atoms with van der Waals surface area (Å²) >= 11 is 0. The normalized spacial score (nSPS) is 21.3. The van der Waals surface area contributed by atoms with Crippen LogP contribution in [0.15, 0.2) is 23.6 Å². The van der Waals surface area contributed by atoms with Gasteiger partial charge in [-0.1, -0.05) is 6.42 Å². The Morgan fingerprint density at radius 2 is 2.00 bits per heavy atom. The molecule has 0 amide bonds. The molecule has 0 bridgehead atoms. The number of hydrogen-bond donors (Lipinski definition) is 1. The van der Waals surface area contributed by atoms with E-state index in [1.165, 1.54) is 16.7 Å². The number of halogens is 1. The van der Waals surface area contributed by atoms with Gasteiger partial charge in [-0.3, -0.25) is 0 Å². The summed E-state index contributed by atoms with van der Waals surface area (Å²) in [6.45, 7) is 0.842. The second kappa shape index (κ2) is 6.42. The molecule has 8 heteroatoms. The van der Waals surface area contributed by atoms with Crippen LogP contribution in [0.1, 0.15) is 19.3 Å². The van der Waals surface area contributed by atoms with Gasteiger partial charge in [-0.15, -0.1) is 12.4 Å². The van der Waals surface area contributed by atoms with Crippen molar-refractivity contribution in [1.29, 1.82) is 0 Å². The fourth-order valence-corrected chi connectivity index (χ4v) is 3.60. The Labute approximate surface area is 113 Å². The average Bonchev–Trinajstić information content (AvgIpc) is 2.39. The van der Waals surface area contributed by atoms with Gasteiger partial charge in [-0.25, -0.2) is 18.4 Å². The van der Waals surface area contributed by atoms with Crippen LogP contribution < -0.4 is 5.73 Å². The third-order valence-electron chi connectivity index (χ3n) is 2.93. The Morgan fingerprint density at radius 1 is 1.33 bits per heavy atom. The van der Waals surface area contributed by atoms with E-state index in [0.717, 1.165) is 19.3 Å². The molecule has 2 rings (SSSR count). The van der Waals surface area contributed by atoms with Gasteiger partial charge < -0.3 is 5.73 Å². The van der Waals surface area contributed by atoms with Crippen molar-refractivity contribution in [2.75, 3.05) is 13.1 Å². The standard InChI is InChI=1S/C10H16N4O2S.ClH/c11-8-9-4-1-2-7-14(9)17(15,16)10-12-5-3-6-13-10;/h3,5-6,9H,1-2,4,7-8,11H2;1H. The number of piperidine rings is 1. The predicted octanol–water partition coefficient (Wildman–Crippen LogP) is 0.400. The molecule has 0 aromatic carbocycles. The summed E-state index contributed by atoms with van der Waals surface area (Å²) in [5.74, 6) is 0. The van der Waals surface area contributed by atoms with E-state index in [4.69, 9.17) is 5.73 Å². The minimum atomic E-state index is -3.59. The number of rotatable bonds is 3. The van der Waals surface area contributed by atoms with E-state index >= 15 is 0 Å². The molecule has 1 fully saturated rings. The molecule has 1 aliphatic rings. The minimum absolute atomic E-state index is 0. The summed E-state index contributed by atoms with van der Waals surface area (Å²) in [7, 11) is -3.59. The van der Waals surface area contributed by atoms with Crippen LogP contribution in [0.25, 0.3) is 0 Å². The highest BCUT2D eigenvalue weighted by Crippen LogP contribution is 2.22. The third-order valence-corrected chi connectivity index (χ3v) is 4.70. The molecular formula is C10H17ClN4O2S. The van der Waals surface area contributed by atoms with Gasteiger partial charge in [-0.2, -0.15) is 4.31 Å². The smallest absolute Gasteiger partial charge is 0.279 e. The zero-order valence-electron chi connectivity index (χ0n) is 9.90. The van der Waals surface area contributed by atoms with Gasteiger partial charge in [0.2, 0.25) is 0 Å². The molecule has 1 aromatic heterocycles. The predicted molar refractivity (Wildman–Crippen MR) is 69.9 cm³/mol. The van der Waals surface area contributed by atoms with Crippen LogP contribution >= 0.6 is 12.4 Å². The van der Waals surface area contributed by atoms with E-state index < -0.39 is 10.0 Å². The lowest BCUT2D eigenvalue weighted by atomic mass is 10.1. The lowest BCUT2D eigenvalue weighted by Crippen LogP contribution is -2.47. The molecule has 1 unspecified atom stereocenters. The Morgan fingerprint density at radius 3 is 2.61 bits per heavy atom. The lowest BCUT2D eigenvalue weighted by molar-refractivity contribution is 0.256. The maximum atomic E-state index is 12.3. The second-order valence-electron chi connectivity index (χ2n) is 4.03. The van der Waals surface area contributed by atoms with Gasteiger partial charge in [0.1, 0.15) is 0 Å². The molecule has 18 heavy (non-hydrogen) atoms. The Kier molecular flexibility index (Phi) is 5.46. The summed E-state index contributed by atoms with van der Waals surface area (Å²) < 4.78 is 26.0. The molecular weight excluding hydrogens is 276 g/mol. The van der Waals surface area contributed by atoms with Gasteiger partial charge in [-0.05, 0) is 18.9 Å². The number of sulfonamides is 1. The maximum absolute atomic E-state index is 12.3. The first kappa shape index (κ1) is 15.3. The van der Waals surface area contributed by atoms with Crippen LogP contribution in [0.5, 0.6) is 0 Å². The third kappa shape index (κ3) is 2.97. The van der Waals surface area contributed by atoms with Gasteiger partial charge >= 0.3 is 0 Å². The number of nitrogens with two attached hydrogens (primary N) is 1. The summed E-state index contributed by atoms with van der Waals surface area (Å²) in [5.41, 5.74) is 5.62. The van der Waals surface area contributed by atoms with Crippen molar-refractivity contribution >= 4 is 22.4 Å². The Balaban J connectivity index is 0.00000162. The highest BCUT2D eigenvalue weighted by molar-refractivity contribution is 7.89. The first-order chi connectivity index (χ1) is 8.16. The summed E-state index contributed by atoms with van der Waals surface area (Å²) in [6.07, 6.45) is 5.55. The van der Waals surface area contributed by atoms with E-state index in [1.807, 2.05) is 0 Å². The topological polar surface area (TPSA) is 89.2 Å². The fraction of sp³-hybridized carbons (Fsp3) is 0.600. The number of aromatic nitrogens is 2. The highest BCUT2D eigenvalue weighted by Gasteiger charge is 2.34. The quantitative estimate of drug-likeness (QED) is 0.815. The van der Waals surface area contributed by atoms with Crippen LogP contribution in [0, 0.1) is 0 Å². The molecule has 1 saturated heterocycles. The van der Waals surface area contributed by atoms with Crippen LogP contribution in [-0.4, -0.2) is 41.8 Å². The van der Waals surface area contributed by atoms with Crippen LogP contribution in [0.4, 0.5) is 0 Å². The van der Waals surface area contributed by atoms with E-state index in [2.05, 4.69) is 9.97 Å². The molecule has 2 N–H and O–H groups in total. The number of hydrogen-bond acceptors (Lipinski definition) is 5. The number of nitrogens with zero attached hydrogens (tertiary/aromatic N) is 3. The average molecular weight is 293 g/mol. The summed E-state index contributed by atoms with van der Waals surface area (Å²) in [4.78, 5) is 7.63. The largest absolute Gasteiger partial charge is 0.329 e. The molecule has 102 valence electrons. The van der Waals surface area contributed by atoms with Crippen LogP contribution in [-0.2, 0) is 10.0 Å². The van der Waals surface area contributed by atoms with Crippen molar-refractivity contribution in [1.82, 2.24) is 14.3 Å². The Bertz CT molecular complexity index is 468. The molecule has 1 aromatic rings. The minimum Gasteiger partial charge on any atom is -0.329 e. The van der Waals surface area contributed by atoms with E-state index in [-0.39, 0.29) is 23.6 Å². The SMILES string of the molecule is Cl.NCC1CCCCN1S(=O)(=O)c1ncccn1. The van der Waals surface area contributed by atoms with Gasteiger partial charge in [0.15, 0.2) is 0 Å². The molecule has 0 aliphatic carbocycles. The van der Waals surface area contributed by atoms with Crippen LogP contribution in [0.3, 0.4) is 0 Å². The van der Waals surface area contributed by atoms with Crippen molar-refractivity contribution in [3.63, 3.8) is 0 Å². The van der Waals surface area contributed by atoms with Gasteiger partial charge in [0.05, 0.1) is 0 Å². The summed E-state index contributed by atoms with van der Waals surface area (Å²) in [6, 6.07) is 1.47. The fourth-order valence-electron chi connectivity index (χ4n) is 2.05. The molecule has 0 radical (unpaired) electrons. The van der Waals surface area contributed by atoms with Gasteiger partial charge in [0, 0.05) is 31.5 Å². The monoisotopic (exact) mass is 292 g/mol. The van der Waals surface area contributed by atoms with E-state index in [9.17, 15) is 8.42 Å². The van der Waals surface area contributed by atoms with Gasteiger partial charge in [0.25, 0.3) is 15.2 Å². The molecule has 6 nitrogen and oxygen atoms in total. The van der Waals surface area contributed by atoms with Crippen molar-refractivity contribution in [3.8, 4) is 0 Å². The summed E-state index contributed by atoms with van der Waals surface area (Å²) in [5, 5.41) is -0.139. The van der Waals surface area contributed by atoms with Crippen molar-refractivity contribution in [2.45, 2.75) is 30.5 Å². The molecule has 1 aliphatic heterocycles. The molecule has 0 saturated carbocycles. The van der Waals surface area contributed by atoms with Crippen LogP contribution in [0.2, 0.25) is 0 Å². The van der Waals surface area contributed by atoms with Crippen molar-refractivity contribution in [2.24, 2.45) is 5.73 Å². The Hall–Kier alpha value is -0.760. The van der Waals surface area contributed by atoms with Crippen molar-refractivity contribution in [3.05, 3.63) is 18.5 Å². The molecule has 0 spiro atoms. The molecule has 2 heterocycles. The van der Waals surface area contributed by atoms with E-state index in [0.29, 0.717) is 13.1 Å². The second-order valence-corrected chi connectivity index (χ2v) is 5.82. The van der Waals surface area contributed by atoms with Crippen molar-refractivity contribution < 1.29 is 8.42 Å². The highest BCUT2D eigenvalue weighted by atomic mass is 35.5. The van der Waals surface area contributed by atoms with E-state index in [1.54, 1.807) is 6.07 Å². The first-order valence-corrected chi connectivity index (χ1v) is 7.09. The lowest BCUT2D eigenvalue weighted by Gasteiger charge is -2.33. The zero-order chi connectivity index (χ0) is 12.3. The molecule has 1 atom stereocenters.